The van der Waals surface area contributed by atoms with Crippen molar-refractivity contribution in [2.24, 2.45) is 11.8 Å². The zero-order valence-corrected chi connectivity index (χ0v) is 20.6. The van der Waals surface area contributed by atoms with Crippen LogP contribution in [0.2, 0.25) is 0 Å². The van der Waals surface area contributed by atoms with Crippen LogP contribution in [0.3, 0.4) is 0 Å². The molecule has 1 aliphatic rings. The van der Waals surface area contributed by atoms with Crippen LogP contribution in [0, 0.1) is 11.8 Å². The first-order valence-electron chi connectivity index (χ1n) is 11.9. The molecule has 2 aromatic rings. The average Bonchev–Trinajstić information content (AvgIpc) is 2.79. The lowest BCUT2D eigenvalue weighted by Gasteiger charge is -2.21. The molecule has 0 aromatic heterocycles. The first-order chi connectivity index (χ1) is 15.8. The Balaban J connectivity index is 1.52. The van der Waals surface area contributed by atoms with Crippen molar-refractivity contribution in [3.8, 4) is 0 Å². The van der Waals surface area contributed by atoms with E-state index in [2.05, 4.69) is 41.9 Å². The van der Waals surface area contributed by atoms with Gasteiger partial charge in [-0.05, 0) is 73.6 Å². The maximum atomic E-state index is 12.7. The van der Waals surface area contributed by atoms with E-state index in [-0.39, 0.29) is 28.8 Å². The van der Waals surface area contributed by atoms with Crippen molar-refractivity contribution in [2.45, 2.75) is 65.2 Å². The lowest BCUT2D eigenvalue weighted by Crippen LogP contribution is -2.36. The van der Waals surface area contributed by atoms with Gasteiger partial charge in [0.05, 0.1) is 5.92 Å². The SMILES string of the molecule is CC(C)Cc1ccc(C(C)C(=O)NC(=S)Nc2cccc(NC(=O)C3CCCCC3)c2)cc1. The van der Waals surface area contributed by atoms with Gasteiger partial charge >= 0.3 is 0 Å². The van der Waals surface area contributed by atoms with Crippen molar-refractivity contribution in [3.63, 3.8) is 0 Å². The molecule has 0 aliphatic heterocycles. The topological polar surface area (TPSA) is 70.2 Å². The Bertz CT molecular complexity index is 966. The standard InChI is InChI=1S/C27H35N3O2S/c1-18(2)16-20-12-14-21(15-13-20)19(3)25(31)30-27(33)29-24-11-7-10-23(17-24)28-26(32)22-8-5-4-6-9-22/h7,10-15,17-19,22H,4-6,8-9,16H2,1-3H3,(H,28,32)(H2,29,30,31,33). The van der Waals surface area contributed by atoms with Gasteiger partial charge in [-0.25, -0.2) is 0 Å². The van der Waals surface area contributed by atoms with Gasteiger partial charge < -0.3 is 16.0 Å². The van der Waals surface area contributed by atoms with Crippen LogP contribution in [0.15, 0.2) is 48.5 Å². The van der Waals surface area contributed by atoms with Gasteiger partial charge in [0.2, 0.25) is 11.8 Å². The first kappa shape index (κ1) is 24.9. The molecule has 2 amide bonds. The summed E-state index contributed by atoms with van der Waals surface area (Å²) in [6.45, 7) is 6.26. The molecule has 0 saturated heterocycles. The average molecular weight is 466 g/mol. The van der Waals surface area contributed by atoms with Crippen LogP contribution in [0.4, 0.5) is 11.4 Å². The van der Waals surface area contributed by atoms with E-state index in [4.69, 9.17) is 12.2 Å². The molecule has 0 heterocycles. The highest BCUT2D eigenvalue weighted by Crippen LogP contribution is 2.25. The lowest BCUT2D eigenvalue weighted by atomic mass is 9.88. The maximum absolute atomic E-state index is 12.7. The van der Waals surface area contributed by atoms with E-state index in [1.807, 2.05) is 43.3 Å². The molecule has 0 bridgehead atoms. The fourth-order valence-corrected chi connectivity index (χ4v) is 4.45. The molecule has 33 heavy (non-hydrogen) atoms. The Hall–Kier alpha value is -2.73. The van der Waals surface area contributed by atoms with Gasteiger partial charge in [0.1, 0.15) is 0 Å². The third-order valence-electron chi connectivity index (χ3n) is 6.12. The second-order valence-corrected chi connectivity index (χ2v) is 9.82. The molecule has 2 aromatic carbocycles. The highest BCUT2D eigenvalue weighted by atomic mass is 32.1. The van der Waals surface area contributed by atoms with Gasteiger partial charge in [-0.2, -0.15) is 0 Å². The van der Waals surface area contributed by atoms with Crippen LogP contribution in [0.1, 0.15) is 69.9 Å². The fourth-order valence-electron chi connectivity index (χ4n) is 4.23. The van der Waals surface area contributed by atoms with Gasteiger partial charge in [0, 0.05) is 17.3 Å². The summed E-state index contributed by atoms with van der Waals surface area (Å²) in [7, 11) is 0. The van der Waals surface area contributed by atoms with Gasteiger partial charge in [0.15, 0.2) is 5.11 Å². The van der Waals surface area contributed by atoms with Gasteiger partial charge in [-0.15, -0.1) is 0 Å². The Morgan fingerprint density at radius 2 is 1.58 bits per heavy atom. The number of hydrogen-bond acceptors (Lipinski definition) is 3. The molecule has 1 fully saturated rings. The van der Waals surface area contributed by atoms with Crippen LogP contribution in [0.5, 0.6) is 0 Å². The number of amides is 2. The molecule has 1 unspecified atom stereocenters. The van der Waals surface area contributed by atoms with E-state index in [1.54, 1.807) is 0 Å². The van der Waals surface area contributed by atoms with Crippen molar-refractivity contribution in [1.82, 2.24) is 5.32 Å². The highest BCUT2D eigenvalue weighted by molar-refractivity contribution is 7.80. The van der Waals surface area contributed by atoms with Crippen LogP contribution in [-0.4, -0.2) is 16.9 Å². The molecular weight excluding hydrogens is 430 g/mol. The van der Waals surface area contributed by atoms with E-state index in [0.717, 1.165) is 43.4 Å². The molecule has 176 valence electrons. The number of thiocarbonyl (C=S) groups is 1. The molecular formula is C27H35N3O2S. The van der Waals surface area contributed by atoms with Crippen LogP contribution in [-0.2, 0) is 16.0 Å². The Kier molecular flexibility index (Phi) is 9.01. The molecule has 1 saturated carbocycles. The second-order valence-electron chi connectivity index (χ2n) is 9.41. The van der Waals surface area contributed by atoms with Crippen LogP contribution < -0.4 is 16.0 Å². The summed E-state index contributed by atoms with van der Waals surface area (Å²) in [4.78, 5) is 25.2. The highest BCUT2D eigenvalue weighted by Gasteiger charge is 2.21. The number of anilines is 2. The number of benzene rings is 2. The quantitative estimate of drug-likeness (QED) is 0.437. The molecule has 1 atom stereocenters. The summed E-state index contributed by atoms with van der Waals surface area (Å²) in [6.07, 6.45) is 6.39. The zero-order chi connectivity index (χ0) is 23.8. The third-order valence-corrected chi connectivity index (χ3v) is 6.32. The summed E-state index contributed by atoms with van der Waals surface area (Å²) in [5.74, 6) is 0.288. The third kappa shape index (κ3) is 7.67. The smallest absolute Gasteiger partial charge is 0.233 e. The normalized spacial score (nSPS) is 15.0. The van der Waals surface area contributed by atoms with Gasteiger partial charge in [0.25, 0.3) is 0 Å². The minimum atomic E-state index is -0.320. The first-order valence-corrected chi connectivity index (χ1v) is 12.3. The summed E-state index contributed by atoms with van der Waals surface area (Å²) in [5.41, 5.74) is 3.66. The number of carbonyl (C=O) groups is 2. The Morgan fingerprint density at radius 3 is 2.21 bits per heavy atom. The number of nitrogens with one attached hydrogen (secondary N) is 3. The predicted octanol–water partition coefficient (Wildman–Crippen LogP) is 6.02. The van der Waals surface area contributed by atoms with Crippen molar-refractivity contribution in [3.05, 3.63) is 59.7 Å². The molecule has 5 nitrogen and oxygen atoms in total. The fraction of sp³-hybridized carbons (Fsp3) is 0.444. The summed E-state index contributed by atoms with van der Waals surface area (Å²) in [5, 5.41) is 9.08. The van der Waals surface area contributed by atoms with Crippen molar-refractivity contribution in [1.29, 1.82) is 0 Å². The number of carbonyl (C=O) groups excluding carboxylic acids is 2. The largest absolute Gasteiger partial charge is 0.332 e. The second kappa shape index (κ2) is 11.9. The molecule has 0 spiro atoms. The molecule has 6 heteroatoms. The van der Waals surface area contributed by atoms with Gasteiger partial charge in [-0.1, -0.05) is 63.4 Å². The zero-order valence-electron chi connectivity index (χ0n) is 19.8. The summed E-state index contributed by atoms with van der Waals surface area (Å²) < 4.78 is 0. The predicted molar refractivity (Wildman–Crippen MR) is 139 cm³/mol. The van der Waals surface area contributed by atoms with Crippen LogP contribution >= 0.6 is 12.2 Å². The molecule has 3 N–H and O–H groups in total. The Morgan fingerprint density at radius 1 is 0.939 bits per heavy atom. The lowest BCUT2D eigenvalue weighted by molar-refractivity contribution is -0.121. The molecule has 3 rings (SSSR count). The maximum Gasteiger partial charge on any atom is 0.233 e. The van der Waals surface area contributed by atoms with Crippen molar-refractivity contribution >= 4 is 40.5 Å². The molecule has 0 radical (unpaired) electrons. The van der Waals surface area contributed by atoms with E-state index < -0.39 is 0 Å². The van der Waals surface area contributed by atoms with Crippen molar-refractivity contribution in [2.75, 3.05) is 10.6 Å². The van der Waals surface area contributed by atoms with Gasteiger partial charge in [-0.3, -0.25) is 9.59 Å². The summed E-state index contributed by atoms with van der Waals surface area (Å²) in [6, 6.07) is 15.6. The van der Waals surface area contributed by atoms with E-state index >= 15 is 0 Å². The number of rotatable bonds is 7. The minimum absolute atomic E-state index is 0.0796. The monoisotopic (exact) mass is 465 g/mol. The van der Waals surface area contributed by atoms with E-state index in [9.17, 15) is 9.59 Å². The molecule has 1 aliphatic carbocycles. The number of hydrogen-bond donors (Lipinski definition) is 3. The Labute approximate surface area is 202 Å². The minimum Gasteiger partial charge on any atom is -0.332 e. The van der Waals surface area contributed by atoms with Crippen molar-refractivity contribution < 1.29 is 9.59 Å². The van der Waals surface area contributed by atoms with Crippen LogP contribution in [0.25, 0.3) is 0 Å². The van der Waals surface area contributed by atoms with E-state index in [1.165, 1.54) is 12.0 Å². The van der Waals surface area contributed by atoms with E-state index in [0.29, 0.717) is 11.6 Å². The summed E-state index contributed by atoms with van der Waals surface area (Å²) >= 11 is 5.35.